The molecule has 0 fully saturated rings. The SMILES string of the molecule is CCCc1[nH]c(=O)c(Cc2cc3cc(OC)ccc3nc2C)c2cc(OC)c(OC)cc12.Cl. The van der Waals surface area contributed by atoms with Crippen LogP contribution in [0.1, 0.15) is 35.9 Å². The minimum atomic E-state index is -0.0849. The first-order chi connectivity index (χ1) is 15.5. The summed E-state index contributed by atoms with van der Waals surface area (Å²) < 4.78 is 16.4. The van der Waals surface area contributed by atoms with Crippen molar-refractivity contribution in [2.24, 2.45) is 0 Å². The Labute approximate surface area is 199 Å². The molecule has 1 N–H and O–H groups in total. The Balaban J connectivity index is 0.00000306. The summed E-state index contributed by atoms with van der Waals surface area (Å²) in [4.78, 5) is 21.1. The van der Waals surface area contributed by atoms with Crippen LogP contribution in [0.4, 0.5) is 0 Å². The number of aromatic amines is 1. The van der Waals surface area contributed by atoms with Crippen molar-refractivity contribution in [3.05, 3.63) is 69.3 Å². The third kappa shape index (κ3) is 4.62. The van der Waals surface area contributed by atoms with E-state index >= 15 is 0 Å². The molecule has 2 aromatic carbocycles. The predicted octanol–water partition coefficient (Wildman–Crippen LogP) is 5.38. The minimum Gasteiger partial charge on any atom is -0.497 e. The summed E-state index contributed by atoms with van der Waals surface area (Å²) >= 11 is 0. The molecule has 4 rings (SSSR count). The van der Waals surface area contributed by atoms with E-state index in [4.69, 9.17) is 19.2 Å². The number of fused-ring (bicyclic) bond motifs is 2. The molecule has 0 aliphatic carbocycles. The van der Waals surface area contributed by atoms with Crippen LogP contribution in [-0.2, 0) is 12.8 Å². The zero-order valence-corrected chi connectivity index (χ0v) is 20.4. The van der Waals surface area contributed by atoms with Gasteiger partial charge in [-0.1, -0.05) is 13.3 Å². The minimum absolute atomic E-state index is 0. The molecule has 0 amide bonds. The summed E-state index contributed by atoms with van der Waals surface area (Å²) in [6, 6.07) is 11.8. The van der Waals surface area contributed by atoms with E-state index in [2.05, 4.69) is 18.0 Å². The second-order valence-electron chi connectivity index (χ2n) is 7.88. The molecule has 2 heterocycles. The van der Waals surface area contributed by atoms with Gasteiger partial charge in [0.15, 0.2) is 11.5 Å². The van der Waals surface area contributed by atoms with Crippen LogP contribution in [0.3, 0.4) is 0 Å². The van der Waals surface area contributed by atoms with Crippen molar-refractivity contribution >= 4 is 34.1 Å². The number of halogens is 1. The normalized spacial score (nSPS) is 10.8. The molecule has 0 spiro atoms. The fourth-order valence-corrected chi connectivity index (χ4v) is 4.19. The lowest BCUT2D eigenvalue weighted by Crippen LogP contribution is -2.17. The monoisotopic (exact) mass is 468 g/mol. The number of pyridine rings is 2. The van der Waals surface area contributed by atoms with Crippen molar-refractivity contribution in [1.29, 1.82) is 0 Å². The van der Waals surface area contributed by atoms with Gasteiger partial charge in [-0.25, -0.2) is 0 Å². The van der Waals surface area contributed by atoms with E-state index < -0.39 is 0 Å². The van der Waals surface area contributed by atoms with Crippen molar-refractivity contribution < 1.29 is 14.2 Å². The van der Waals surface area contributed by atoms with Crippen molar-refractivity contribution in [2.45, 2.75) is 33.1 Å². The molecule has 0 saturated heterocycles. The number of methoxy groups -OCH3 is 3. The lowest BCUT2D eigenvalue weighted by atomic mass is 9.96. The Morgan fingerprint density at radius 2 is 1.64 bits per heavy atom. The standard InChI is InChI=1S/C26H28N2O4.ClH/c1-6-7-23-20-14-25(32-5)24(31-4)13-19(20)21(26(29)28-23)12-16-10-17-11-18(30-3)8-9-22(17)27-15(16)2;/h8-11,13-14H,6-7,12H2,1-5H3,(H,28,29);1H. The van der Waals surface area contributed by atoms with Gasteiger partial charge in [0.2, 0.25) is 0 Å². The Bertz CT molecular complexity index is 1360. The number of hydrogen-bond acceptors (Lipinski definition) is 5. The van der Waals surface area contributed by atoms with Gasteiger partial charge in [0.25, 0.3) is 5.56 Å². The molecular weight excluding hydrogens is 440 g/mol. The Kier molecular flexibility index (Phi) is 7.49. The van der Waals surface area contributed by atoms with Gasteiger partial charge in [0.05, 0.1) is 26.8 Å². The van der Waals surface area contributed by atoms with Crippen LogP contribution in [0.2, 0.25) is 0 Å². The van der Waals surface area contributed by atoms with Gasteiger partial charge >= 0.3 is 0 Å². The average Bonchev–Trinajstić information content (AvgIpc) is 2.80. The van der Waals surface area contributed by atoms with Crippen LogP contribution in [0.5, 0.6) is 17.2 Å². The quantitative estimate of drug-likeness (QED) is 0.394. The first-order valence-corrected chi connectivity index (χ1v) is 10.7. The van der Waals surface area contributed by atoms with Gasteiger partial charge in [-0.15, -0.1) is 12.4 Å². The first-order valence-electron chi connectivity index (χ1n) is 10.7. The molecule has 0 aliphatic heterocycles. The molecule has 0 aliphatic rings. The zero-order valence-electron chi connectivity index (χ0n) is 19.6. The Morgan fingerprint density at radius 1 is 0.939 bits per heavy atom. The molecule has 0 unspecified atom stereocenters. The van der Waals surface area contributed by atoms with E-state index in [1.807, 2.05) is 37.3 Å². The van der Waals surface area contributed by atoms with Gasteiger partial charge in [-0.05, 0) is 60.7 Å². The Morgan fingerprint density at radius 3 is 2.27 bits per heavy atom. The fourth-order valence-electron chi connectivity index (χ4n) is 4.19. The van der Waals surface area contributed by atoms with Crippen LogP contribution >= 0.6 is 12.4 Å². The number of hydrogen-bond donors (Lipinski definition) is 1. The van der Waals surface area contributed by atoms with E-state index in [9.17, 15) is 4.79 Å². The van der Waals surface area contributed by atoms with Gasteiger partial charge < -0.3 is 19.2 Å². The van der Waals surface area contributed by atoms with E-state index in [-0.39, 0.29) is 18.0 Å². The molecular formula is C26H29ClN2O4. The number of aryl methyl sites for hydroxylation is 2. The maximum atomic E-state index is 13.2. The van der Waals surface area contributed by atoms with E-state index in [0.29, 0.717) is 23.5 Å². The maximum Gasteiger partial charge on any atom is 0.252 e. The number of nitrogens with one attached hydrogen (secondary N) is 1. The summed E-state index contributed by atoms with van der Waals surface area (Å²) in [6.45, 7) is 4.07. The smallest absolute Gasteiger partial charge is 0.252 e. The maximum absolute atomic E-state index is 13.2. The summed E-state index contributed by atoms with van der Waals surface area (Å²) in [6.07, 6.45) is 2.16. The van der Waals surface area contributed by atoms with Gasteiger partial charge in [-0.2, -0.15) is 0 Å². The number of ether oxygens (including phenoxy) is 3. The highest BCUT2D eigenvalue weighted by Crippen LogP contribution is 2.35. The molecule has 7 heteroatoms. The van der Waals surface area contributed by atoms with E-state index in [1.54, 1.807) is 21.3 Å². The second kappa shape index (κ2) is 10.1. The molecule has 174 valence electrons. The van der Waals surface area contributed by atoms with E-state index in [0.717, 1.165) is 57.2 Å². The third-order valence-electron chi connectivity index (χ3n) is 5.90. The number of H-pyrrole nitrogens is 1. The zero-order chi connectivity index (χ0) is 22.8. The summed E-state index contributed by atoms with van der Waals surface area (Å²) in [5, 5.41) is 2.83. The van der Waals surface area contributed by atoms with E-state index in [1.165, 1.54) is 0 Å². The number of nitrogens with zero attached hydrogens (tertiary/aromatic N) is 1. The molecule has 0 saturated carbocycles. The third-order valence-corrected chi connectivity index (χ3v) is 5.90. The number of aromatic nitrogens is 2. The van der Waals surface area contributed by atoms with Gasteiger partial charge in [0.1, 0.15) is 5.75 Å². The van der Waals surface area contributed by atoms with Crippen molar-refractivity contribution in [1.82, 2.24) is 9.97 Å². The summed E-state index contributed by atoms with van der Waals surface area (Å²) in [5.41, 5.74) is 4.31. The van der Waals surface area contributed by atoms with Crippen molar-refractivity contribution in [3.63, 3.8) is 0 Å². The lowest BCUT2D eigenvalue weighted by molar-refractivity contribution is 0.356. The second-order valence-corrected chi connectivity index (χ2v) is 7.88. The molecule has 2 aromatic heterocycles. The molecule has 33 heavy (non-hydrogen) atoms. The van der Waals surface area contributed by atoms with Crippen molar-refractivity contribution in [2.75, 3.05) is 21.3 Å². The predicted molar refractivity (Wildman–Crippen MR) is 135 cm³/mol. The largest absolute Gasteiger partial charge is 0.497 e. The number of benzene rings is 2. The highest BCUT2D eigenvalue weighted by molar-refractivity contribution is 5.91. The van der Waals surface area contributed by atoms with Crippen molar-refractivity contribution in [3.8, 4) is 17.2 Å². The molecule has 0 bridgehead atoms. The summed E-state index contributed by atoms with van der Waals surface area (Å²) in [7, 11) is 4.87. The first kappa shape index (κ1) is 24.4. The number of rotatable bonds is 7. The fraction of sp³-hybridized carbons (Fsp3) is 0.308. The molecule has 4 aromatic rings. The Hall–Kier alpha value is -3.25. The highest BCUT2D eigenvalue weighted by atomic mass is 35.5. The van der Waals surface area contributed by atoms with Crippen LogP contribution in [0, 0.1) is 6.92 Å². The molecule has 0 radical (unpaired) electrons. The average molecular weight is 469 g/mol. The van der Waals surface area contributed by atoms with Crippen LogP contribution in [-0.4, -0.2) is 31.3 Å². The van der Waals surface area contributed by atoms with Crippen LogP contribution in [0.25, 0.3) is 21.7 Å². The molecule has 0 atom stereocenters. The lowest BCUT2D eigenvalue weighted by Gasteiger charge is -2.15. The molecule has 6 nitrogen and oxygen atoms in total. The highest BCUT2D eigenvalue weighted by Gasteiger charge is 2.17. The summed E-state index contributed by atoms with van der Waals surface area (Å²) in [5.74, 6) is 2.02. The van der Waals surface area contributed by atoms with Gasteiger partial charge in [0, 0.05) is 34.1 Å². The van der Waals surface area contributed by atoms with Crippen LogP contribution in [0.15, 0.2) is 41.2 Å². The van der Waals surface area contributed by atoms with Gasteiger partial charge in [-0.3, -0.25) is 9.78 Å². The topological polar surface area (TPSA) is 73.4 Å². The van der Waals surface area contributed by atoms with Crippen LogP contribution < -0.4 is 19.8 Å².